The lowest BCUT2D eigenvalue weighted by atomic mass is 10.1. The van der Waals surface area contributed by atoms with Crippen LogP contribution >= 0.6 is 0 Å². The summed E-state index contributed by atoms with van der Waals surface area (Å²) in [5, 5.41) is 11.8. The van der Waals surface area contributed by atoms with Crippen molar-refractivity contribution in [3.05, 3.63) is 35.9 Å². The molecule has 1 fully saturated rings. The number of ether oxygens (including phenoxy) is 1. The van der Waals surface area contributed by atoms with Crippen molar-refractivity contribution in [2.75, 3.05) is 13.2 Å². The molecule has 0 saturated heterocycles. The predicted molar refractivity (Wildman–Crippen MR) is 63.4 cm³/mol. The van der Waals surface area contributed by atoms with Crippen LogP contribution in [0.3, 0.4) is 0 Å². The Labute approximate surface area is 101 Å². The Balaban J connectivity index is 1.68. The first-order chi connectivity index (χ1) is 8.24. The second-order valence-corrected chi connectivity index (χ2v) is 4.57. The Morgan fingerprint density at radius 1 is 1.35 bits per heavy atom. The van der Waals surface area contributed by atoms with Gasteiger partial charge in [-0.15, -0.1) is 0 Å². The first-order valence-electron chi connectivity index (χ1n) is 5.80. The number of benzene rings is 1. The first-order valence-corrected chi connectivity index (χ1v) is 5.80. The molecule has 1 saturated carbocycles. The van der Waals surface area contributed by atoms with Crippen LogP contribution in [-0.4, -0.2) is 24.4 Å². The summed E-state index contributed by atoms with van der Waals surface area (Å²) >= 11 is 0. The van der Waals surface area contributed by atoms with Crippen molar-refractivity contribution in [1.82, 2.24) is 5.32 Å². The van der Waals surface area contributed by atoms with Crippen molar-refractivity contribution < 1.29 is 14.6 Å². The molecule has 1 aliphatic carbocycles. The Hall–Kier alpha value is -1.55. The van der Waals surface area contributed by atoms with Crippen LogP contribution in [0, 0.1) is 5.41 Å². The number of aliphatic hydroxyl groups is 1. The maximum atomic E-state index is 11.4. The molecule has 0 atom stereocenters. The van der Waals surface area contributed by atoms with Gasteiger partial charge in [0.25, 0.3) is 0 Å². The third-order valence-electron chi connectivity index (χ3n) is 3.11. The largest absolute Gasteiger partial charge is 0.445 e. The minimum Gasteiger partial charge on any atom is -0.445 e. The number of carbonyl (C=O) groups excluding carboxylic acids is 1. The van der Waals surface area contributed by atoms with Crippen molar-refractivity contribution >= 4 is 6.09 Å². The van der Waals surface area contributed by atoms with Crippen molar-refractivity contribution in [1.29, 1.82) is 0 Å². The van der Waals surface area contributed by atoms with E-state index in [9.17, 15) is 4.79 Å². The Bertz CT molecular complexity index is 374. The van der Waals surface area contributed by atoms with E-state index in [4.69, 9.17) is 9.84 Å². The van der Waals surface area contributed by atoms with Gasteiger partial charge in [0.2, 0.25) is 0 Å². The minimum atomic E-state index is -0.423. The quantitative estimate of drug-likeness (QED) is 0.816. The number of rotatable bonds is 5. The Morgan fingerprint density at radius 2 is 2.06 bits per heavy atom. The number of hydrogen-bond donors (Lipinski definition) is 2. The molecule has 0 aromatic heterocycles. The highest BCUT2D eigenvalue weighted by Crippen LogP contribution is 2.44. The lowest BCUT2D eigenvalue weighted by Gasteiger charge is -2.12. The molecule has 0 aliphatic heterocycles. The van der Waals surface area contributed by atoms with Crippen LogP contribution in [-0.2, 0) is 11.3 Å². The molecule has 0 unspecified atom stereocenters. The molecule has 17 heavy (non-hydrogen) atoms. The van der Waals surface area contributed by atoms with Gasteiger partial charge >= 0.3 is 6.09 Å². The summed E-state index contributed by atoms with van der Waals surface area (Å²) in [4.78, 5) is 11.4. The topological polar surface area (TPSA) is 58.6 Å². The zero-order valence-electron chi connectivity index (χ0n) is 9.69. The van der Waals surface area contributed by atoms with Gasteiger partial charge in [-0.2, -0.15) is 0 Å². The van der Waals surface area contributed by atoms with E-state index >= 15 is 0 Å². The highest BCUT2D eigenvalue weighted by Gasteiger charge is 2.42. The van der Waals surface area contributed by atoms with E-state index in [1.54, 1.807) is 0 Å². The molecule has 1 amide bonds. The average molecular weight is 235 g/mol. The smallest absolute Gasteiger partial charge is 0.407 e. The zero-order valence-corrected chi connectivity index (χ0v) is 9.69. The van der Waals surface area contributed by atoms with E-state index in [0.29, 0.717) is 6.54 Å². The normalized spacial score (nSPS) is 16.3. The van der Waals surface area contributed by atoms with Crippen molar-refractivity contribution in [2.24, 2.45) is 5.41 Å². The monoisotopic (exact) mass is 235 g/mol. The van der Waals surface area contributed by atoms with Crippen molar-refractivity contribution in [3.63, 3.8) is 0 Å². The molecule has 1 aromatic rings. The summed E-state index contributed by atoms with van der Waals surface area (Å²) in [5.74, 6) is 0. The molecule has 1 aromatic carbocycles. The van der Waals surface area contributed by atoms with Gasteiger partial charge in [-0.05, 0) is 18.4 Å². The fraction of sp³-hybridized carbons (Fsp3) is 0.462. The number of alkyl carbamates (subject to hydrolysis) is 1. The third kappa shape index (κ3) is 3.46. The number of carbonyl (C=O) groups is 1. The number of nitrogens with one attached hydrogen (secondary N) is 1. The summed E-state index contributed by atoms with van der Waals surface area (Å²) in [7, 11) is 0. The summed E-state index contributed by atoms with van der Waals surface area (Å²) in [6, 6.07) is 9.54. The highest BCUT2D eigenvalue weighted by atomic mass is 16.5. The molecule has 0 radical (unpaired) electrons. The standard InChI is InChI=1S/C13H17NO3/c15-10-13(6-7-13)9-14-12(16)17-8-11-4-2-1-3-5-11/h1-5,15H,6-10H2,(H,14,16). The fourth-order valence-electron chi connectivity index (χ4n) is 1.60. The molecule has 4 heteroatoms. The van der Waals surface area contributed by atoms with E-state index in [1.807, 2.05) is 30.3 Å². The van der Waals surface area contributed by atoms with Crippen LogP contribution in [0.5, 0.6) is 0 Å². The number of aliphatic hydroxyl groups excluding tert-OH is 1. The van der Waals surface area contributed by atoms with E-state index in [0.717, 1.165) is 18.4 Å². The van der Waals surface area contributed by atoms with Gasteiger partial charge < -0.3 is 15.2 Å². The average Bonchev–Trinajstić information content (AvgIpc) is 3.16. The Kier molecular flexibility index (Phi) is 3.64. The molecular weight excluding hydrogens is 218 g/mol. The van der Waals surface area contributed by atoms with Crippen LogP contribution in [0.15, 0.2) is 30.3 Å². The van der Waals surface area contributed by atoms with Gasteiger partial charge in [0.1, 0.15) is 6.61 Å². The summed E-state index contributed by atoms with van der Waals surface area (Å²) in [5.41, 5.74) is 0.886. The van der Waals surface area contributed by atoms with Crippen molar-refractivity contribution in [2.45, 2.75) is 19.4 Å². The second kappa shape index (κ2) is 5.19. The molecule has 2 rings (SSSR count). The summed E-state index contributed by atoms with van der Waals surface area (Å²) < 4.78 is 5.06. The van der Waals surface area contributed by atoms with Gasteiger partial charge in [0.05, 0.1) is 6.61 Å². The highest BCUT2D eigenvalue weighted by molar-refractivity contribution is 5.67. The maximum Gasteiger partial charge on any atom is 0.407 e. The summed E-state index contributed by atoms with van der Waals surface area (Å²) in [6.07, 6.45) is 1.53. The van der Waals surface area contributed by atoms with E-state index in [1.165, 1.54) is 0 Å². The summed E-state index contributed by atoms with van der Waals surface area (Å²) in [6.45, 7) is 0.905. The predicted octanol–water partition coefficient (Wildman–Crippen LogP) is 1.69. The minimum absolute atomic E-state index is 0.0776. The van der Waals surface area contributed by atoms with Gasteiger partial charge in [0, 0.05) is 12.0 Å². The maximum absolute atomic E-state index is 11.4. The number of amides is 1. The second-order valence-electron chi connectivity index (χ2n) is 4.57. The molecule has 0 heterocycles. The van der Waals surface area contributed by atoms with Crippen LogP contribution in [0.2, 0.25) is 0 Å². The first kappa shape index (κ1) is 11.9. The van der Waals surface area contributed by atoms with Gasteiger partial charge in [0.15, 0.2) is 0 Å². The number of hydrogen-bond acceptors (Lipinski definition) is 3. The molecular formula is C13H17NO3. The molecule has 0 spiro atoms. The van der Waals surface area contributed by atoms with Gasteiger partial charge in [-0.1, -0.05) is 30.3 Å². The SMILES string of the molecule is O=C(NCC1(CO)CC1)OCc1ccccc1. The molecule has 4 nitrogen and oxygen atoms in total. The van der Waals surface area contributed by atoms with Gasteiger partial charge in [-0.25, -0.2) is 4.79 Å². The lowest BCUT2D eigenvalue weighted by Crippen LogP contribution is -2.32. The zero-order chi connectivity index (χ0) is 12.1. The molecule has 1 aliphatic rings. The van der Waals surface area contributed by atoms with Gasteiger partial charge in [-0.3, -0.25) is 0 Å². The lowest BCUT2D eigenvalue weighted by molar-refractivity contribution is 0.133. The van der Waals surface area contributed by atoms with Crippen LogP contribution in [0.25, 0.3) is 0 Å². The van der Waals surface area contributed by atoms with Crippen LogP contribution in [0.4, 0.5) is 4.79 Å². The fourth-order valence-corrected chi connectivity index (χ4v) is 1.60. The van der Waals surface area contributed by atoms with E-state index in [-0.39, 0.29) is 18.6 Å². The molecule has 2 N–H and O–H groups in total. The van der Waals surface area contributed by atoms with E-state index < -0.39 is 6.09 Å². The Morgan fingerprint density at radius 3 is 2.65 bits per heavy atom. The van der Waals surface area contributed by atoms with Crippen LogP contribution < -0.4 is 5.32 Å². The third-order valence-corrected chi connectivity index (χ3v) is 3.11. The molecule has 92 valence electrons. The molecule has 0 bridgehead atoms. The van der Waals surface area contributed by atoms with Crippen molar-refractivity contribution in [3.8, 4) is 0 Å². The van der Waals surface area contributed by atoms with Crippen LogP contribution in [0.1, 0.15) is 18.4 Å². The van der Waals surface area contributed by atoms with E-state index in [2.05, 4.69) is 5.32 Å².